The molecule has 1 heterocycles. The van der Waals surface area contributed by atoms with Crippen molar-refractivity contribution in [2.75, 3.05) is 31.2 Å². The molecule has 5 nitrogen and oxygen atoms in total. The summed E-state index contributed by atoms with van der Waals surface area (Å²) in [5.74, 6) is -0.432. The van der Waals surface area contributed by atoms with Crippen molar-refractivity contribution in [1.82, 2.24) is 4.90 Å². The van der Waals surface area contributed by atoms with Gasteiger partial charge in [0.1, 0.15) is 0 Å². The van der Waals surface area contributed by atoms with Crippen molar-refractivity contribution in [3.63, 3.8) is 0 Å². The summed E-state index contributed by atoms with van der Waals surface area (Å²) in [5, 5.41) is 3.34. The maximum absolute atomic E-state index is 11.3. The molecule has 5 N–H and O–H groups in total. The first kappa shape index (κ1) is 11.7. The molecule has 0 radical (unpaired) electrons. The highest BCUT2D eigenvalue weighted by Crippen LogP contribution is 2.22. The second-order valence-corrected chi connectivity index (χ2v) is 4.56. The van der Waals surface area contributed by atoms with E-state index >= 15 is 0 Å². The number of hydrogen-bond acceptors (Lipinski definition) is 4. The van der Waals surface area contributed by atoms with Crippen LogP contribution in [0.3, 0.4) is 0 Å². The van der Waals surface area contributed by atoms with E-state index in [0.29, 0.717) is 17.3 Å². The van der Waals surface area contributed by atoms with Crippen LogP contribution in [0.15, 0.2) is 18.2 Å². The van der Waals surface area contributed by atoms with Crippen molar-refractivity contribution in [2.24, 2.45) is 5.73 Å². The van der Waals surface area contributed by atoms with E-state index in [4.69, 9.17) is 11.5 Å². The van der Waals surface area contributed by atoms with Gasteiger partial charge in [0.05, 0.1) is 5.56 Å². The Hall–Kier alpha value is -1.75. The van der Waals surface area contributed by atoms with Crippen LogP contribution in [-0.4, -0.2) is 37.0 Å². The Morgan fingerprint density at radius 1 is 1.53 bits per heavy atom. The summed E-state index contributed by atoms with van der Waals surface area (Å²) in [4.78, 5) is 13.5. The number of nitrogen functional groups attached to an aromatic ring is 1. The van der Waals surface area contributed by atoms with Crippen molar-refractivity contribution in [1.29, 1.82) is 0 Å². The zero-order valence-electron chi connectivity index (χ0n) is 9.94. The zero-order chi connectivity index (χ0) is 12.4. The highest BCUT2D eigenvalue weighted by atomic mass is 16.1. The van der Waals surface area contributed by atoms with Crippen LogP contribution in [0, 0.1) is 0 Å². The van der Waals surface area contributed by atoms with Gasteiger partial charge in [0.25, 0.3) is 5.91 Å². The lowest BCUT2D eigenvalue weighted by Crippen LogP contribution is -2.25. The normalized spacial score (nSPS) is 20.4. The van der Waals surface area contributed by atoms with Crippen LogP contribution < -0.4 is 16.8 Å². The van der Waals surface area contributed by atoms with Gasteiger partial charge in [-0.2, -0.15) is 0 Å². The number of benzene rings is 1. The van der Waals surface area contributed by atoms with Gasteiger partial charge in [-0.3, -0.25) is 4.79 Å². The van der Waals surface area contributed by atoms with Gasteiger partial charge in [0.2, 0.25) is 0 Å². The Balaban J connectivity index is 2.19. The molecule has 0 saturated carbocycles. The lowest BCUT2D eigenvalue weighted by atomic mass is 10.1. The van der Waals surface area contributed by atoms with E-state index < -0.39 is 5.91 Å². The van der Waals surface area contributed by atoms with Crippen LogP contribution in [0.25, 0.3) is 0 Å². The van der Waals surface area contributed by atoms with Gasteiger partial charge in [-0.25, -0.2) is 0 Å². The number of anilines is 2. The number of carbonyl (C=O) groups excluding carboxylic acids is 1. The van der Waals surface area contributed by atoms with Gasteiger partial charge in [0, 0.05) is 24.0 Å². The average molecular weight is 234 g/mol. The summed E-state index contributed by atoms with van der Waals surface area (Å²) in [6.45, 7) is 2.03. The predicted molar refractivity (Wildman–Crippen MR) is 68.9 cm³/mol. The molecule has 1 unspecified atom stereocenters. The zero-order valence-corrected chi connectivity index (χ0v) is 9.94. The van der Waals surface area contributed by atoms with Gasteiger partial charge in [-0.05, 0) is 38.2 Å². The fourth-order valence-corrected chi connectivity index (χ4v) is 2.17. The molecule has 17 heavy (non-hydrogen) atoms. The summed E-state index contributed by atoms with van der Waals surface area (Å²) in [6, 6.07) is 5.46. The highest BCUT2D eigenvalue weighted by molar-refractivity contribution is 5.99. The van der Waals surface area contributed by atoms with Crippen molar-refractivity contribution < 1.29 is 4.79 Å². The number of amides is 1. The number of primary amides is 1. The van der Waals surface area contributed by atoms with E-state index in [9.17, 15) is 4.79 Å². The maximum atomic E-state index is 11.3. The van der Waals surface area contributed by atoms with Crippen LogP contribution >= 0.6 is 0 Å². The quantitative estimate of drug-likeness (QED) is 0.664. The lowest BCUT2D eigenvalue weighted by Gasteiger charge is -2.16. The molecule has 5 heteroatoms. The van der Waals surface area contributed by atoms with Crippen LogP contribution in [0.1, 0.15) is 16.8 Å². The molecule has 0 aliphatic carbocycles. The average Bonchev–Trinajstić information content (AvgIpc) is 2.63. The molecule has 2 rings (SSSR count). The largest absolute Gasteiger partial charge is 0.399 e. The Morgan fingerprint density at radius 2 is 2.29 bits per heavy atom. The Morgan fingerprint density at radius 3 is 2.88 bits per heavy atom. The summed E-state index contributed by atoms with van der Waals surface area (Å²) in [5.41, 5.74) is 12.9. The summed E-state index contributed by atoms with van der Waals surface area (Å²) in [7, 11) is 2.08. The molecule has 1 aromatic rings. The molecule has 1 atom stereocenters. The van der Waals surface area contributed by atoms with Crippen LogP contribution in [0.2, 0.25) is 0 Å². The number of nitrogens with zero attached hydrogens (tertiary/aromatic N) is 1. The van der Waals surface area contributed by atoms with Gasteiger partial charge in [0.15, 0.2) is 0 Å². The van der Waals surface area contributed by atoms with Crippen LogP contribution in [0.4, 0.5) is 11.4 Å². The maximum Gasteiger partial charge on any atom is 0.250 e. The molecule has 0 bridgehead atoms. The number of nitrogens with one attached hydrogen (secondary N) is 1. The third-order valence-electron chi connectivity index (χ3n) is 3.06. The van der Waals surface area contributed by atoms with Gasteiger partial charge in [-0.1, -0.05) is 0 Å². The van der Waals surface area contributed by atoms with E-state index in [1.54, 1.807) is 18.2 Å². The smallest absolute Gasteiger partial charge is 0.250 e. The highest BCUT2D eigenvalue weighted by Gasteiger charge is 2.20. The van der Waals surface area contributed by atoms with Crippen molar-refractivity contribution in [3.05, 3.63) is 23.8 Å². The first-order valence-electron chi connectivity index (χ1n) is 5.70. The van der Waals surface area contributed by atoms with Gasteiger partial charge in [-0.15, -0.1) is 0 Å². The second-order valence-electron chi connectivity index (χ2n) is 4.56. The monoisotopic (exact) mass is 234 g/mol. The standard InChI is InChI=1S/C12H18N4O/c1-16-5-4-9(7-16)15-11-6-8(13)2-3-10(11)12(14)17/h2-3,6,9,15H,4-5,7,13H2,1H3,(H2,14,17). The number of nitrogens with two attached hydrogens (primary N) is 2. The number of likely N-dealkylation sites (N-methyl/N-ethyl adjacent to an activating group) is 1. The van der Waals surface area contributed by atoms with Crippen molar-refractivity contribution >= 4 is 17.3 Å². The molecule has 1 fully saturated rings. The lowest BCUT2D eigenvalue weighted by molar-refractivity contribution is 0.100. The molecular weight excluding hydrogens is 216 g/mol. The molecule has 0 aromatic heterocycles. The summed E-state index contributed by atoms with van der Waals surface area (Å²) < 4.78 is 0. The molecular formula is C12H18N4O. The predicted octanol–water partition coefficient (Wildman–Crippen LogP) is 0.484. The number of rotatable bonds is 3. The molecule has 1 saturated heterocycles. The molecule has 1 aliphatic heterocycles. The number of hydrogen-bond donors (Lipinski definition) is 3. The Kier molecular flexibility index (Phi) is 3.19. The molecule has 1 aromatic carbocycles. The second kappa shape index (κ2) is 4.63. The van der Waals surface area contributed by atoms with Crippen LogP contribution in [0.5, 0.6) is 0 Å². The molecule has 0 spiro atoms. The van der Waals surface area contributed by atoms with Gasteiger partial charge < -0.3 is 21.7 Å². The minimum absolute atomic E-state index is 0.347. The van der Waals surface area contributed by atoms with Gasteiger partial charge >= 0.3 is 0 Å². The van der Waals surface area contributed by atoms with E-state index in [2.05, 4.69) is 17.3 Å². The molecule has 1 amide bonds. The minimum atomic E-state index is -0.432. The van der Waals surface area contributed by atoms with E-state index in [-0.39, 0.29) is 0 Å². The number of likely N-dealkylation sites (tertiary alicyclic amines) is 1. The first-order valence-corrected chi connectivity index (χ1v) is 5.70. The Bertz CT molecular complexity index is 433. The first-order chi connectivity index (χ1) is 8.06. The van der Waals surface area contributed by atoms with E-state index in [0.717, 1.165) is 25.2 Å². The van der Waals surface area contributed by atoms with E-state index in [1.165, 1.54) is 0 Å². The fraction of sp³-hybridized carbons (Fsp3) is 0.417. The molecule has 92 valence electrons. The van der Waals surface area contributed by atoms with Crippen LogP contribution in [-0.2, 0) is 0 Å². The SMILES string of the molecule is CN1CCC(Nc2cc(N)ccc2C(N)=O)C1. The summed E-state index contributed by atoms with van der Waals surface area (Å²) >= 11 is 0. The third kappa shape index (κ3) is 2.68. The summed E-state index contributed by atoms with van der Waals surface area (Å²) in [6.07, 6.45) is 1.06. The van der Waals surface area contributed by atoms with Crippen molar-refractivity contribution in [2.45, 2.75) is 12.5 Å². The van der Waals surface area contributed by atoms with E-state index in [1.807, 2.05) is 0 Å². The third-order valence-corrected chi connectivity index (χ3v) is 3.06. The fourth-order valence-electron chi connectivity index (χ4n) is 2.17. The minimum Gasteiger partial charge on any atom is -0.399 e. The topological polar surface area (TPSA) is 84.4 Å². The molecule has 1 aliphatic rings. The number of carbonyl (C=O) groups is 1. The Labute approximate surface area is 101 Å². The van der Waals surface area contributed by atoms with Crippen molar-refractivity contribution in [3.8, 4) is 0 Å².